The number of ether oxygens (including phenoxy) is 1. The van der Waals surface area contributed by atoms with Crippen molar-refractivity contribution in [2.24, 2.45) is 0 Å². The number of aliphatic hydroxyl groups excluding tert-OH is 1. The van der Waals surface area contributed by atoms with E-state index in [1.807, 2.05) is 16.7 Å². The van der Waals surface area contributed by atoms with Crippen LogP contribution in [0.4, 0.5) is 0 Å². The Balaban J connectivity index is 0.000000482. The Labute approximate surface area is 175 Å². The fraction of sp³-hybridized carbons (Fsp3) is 0.652. The molecule has 0 aliphatic heterocycles. The maximum atomic E-state index is 12.8. The highest BCUT2D eigenvalue weighted by Gasteiger charge is 2.27. The zero-order valence-corrected chi connectivity index (χ0v) is 17.8. The molecule has 2 N–H and O–H groups in total. The molecule has 6 heteroatoms. The van der Waals surface area contributed by atoms with E-state index in [0.717, 1.165) is 42.7 Å². The average molecular weight is 404 g/mol. The van der Waals surface area contributed by atoms with E-state index in [1.54, 1.807) is 7.11 Å². The van der Waals surface area contributed by atoms with Gasteiger partial charge in [-0.1, -0.05) is 32.6 Å². The Morgan fingerprint density at radius 3 is 2.66 bits per heavy atom. The summed E-state index contributed by atoms with van der Waals surface area (Å²) in [7, 11) is 1.70. The molecular weight excluding hydrogens is 366 g/mol. The van der Waals surface area contributed by atoms with E-state index in [1.165, 1.54) is 32.1 Å². The van der Waals surface area contributed by atoms with Crippen molar-refractivity contribution in [3.63, 3.8) is 0 Å². The summed E-state index contributed by atoms with van der Waals surface area (Å²) >= 11 is 0. The fourth-order valence-corrected chi connectivity index (χ4v) is 3.86. The predicted octanol–water partition coefficient (Wildman–Crippen LogP) is 4.45. The van der Waals surface area contributed by atoms with Gasteiger partial charge in [0, 0.05) is 39.0 Å². The van der Waals surface area contributed by atoms with Gasteiger partial charge in [0.25, 0.3) is 5.91 Å². The largest absolute Gasteiger partial charge is 0.396 e. The number of fused-ring (bicyclic) bond motifs is 1. The fourth-order valence-electron chi connectivity index (χ4n) is 3.86. The molecule has 0 radical (unpaired) electrons. The van der Waals surface area contributed by atoms with Crippen molar-refractivity contribution in [1.29, 1.82) is 0 Å². The highest BCUT2D eigenvalue weighted by atomic mass is 16.5. The maximum absolute atomic E-state index is 12.8. The molecule has 0 atom stereocenters. The molecule has 2 aliphatic carbocycles. The van der Waals surface area contributed by atoms with E-state index < -0.39 is 0 Å². The molecule has 0 bridgehead atoms. The van der Waals surface area contributed by atoms with Gasteiger partial charge in [0.05, 0.1) is 17.9 Å². The molecule has 2 heterocycles. The number of aromatic nitrogens is 2. The number of carbonyl (C=O) groups is 1. The Morgan fingerprint density at radius 2 is 2.07 bits per heavy atom. The zero-order chi connectivity index (χ0) is 20.6. The van der Waals surface area contributed by atoms with Crippen LogP contribution in [0.1, 0.15) is 93.8 Å². The van der Waals surface area contributed by atoms with Crippen molar-refractivity contribution < 1.29 is 16.1 Å². The molecule has 2 aliphatic rings. The Bertz CT molecular complexity index is 796. The summed E-state index contributed by atoms with van der Waals surface area (Å²) in [4.78, 5) is 17.6. The third kappa shape index (κ3) is 5.80. The number of amides is 1. The number of methoxy groups -OCH3 is 1. The minimum Gasteiger partial charge on any atom is -0.396 e. The molecule has 29 heavy (non-hydrogen) atoms. The summed E-state index contributed by atoms with van der Waals surface area (Å²) in [6, 6.07) is 4.32. The van der Waals surface area contributed by atoms with Gasteiger partial charge in [0.1, 0.15) is 5.65 Å². The van der Waals surface area contributed by atoms with Crippen molar-refractivity contribution in [2.75, 3.05) is 13.7 Å². The molecule has 0 saturated heterocycles. The highest BCUT2D eigenvalue weighted by molar-refractivity contribution is 6.00. The Morgan fingerprint density at radius 1 is 1.31 bits per heavy atom. The summed E-state index contributed by atoms with van der Waals surface area (Å²) < 4.78 is 7.32. The molecule has 162 valence electrons. The van der Waals surface area contributed by atoms with Crippen LogP contribution >= 0.6 is 0 Å². The smallest absolute Gasteiger partial charge is 0.255 e. The van der Waals surface area contributed by atoms with Crippen LogP contribution in [0.15, 0.2) is 18.3 Å². The van der Waals surface area contributed by atoms with E-state index in [4.69, 9.17) is 14.8 Å². The van der Waals surface area contributed by atoms with Crippen LogP contribution in [-0.2, 0) is 11.3 Å². The lowest BCUT2D eigenvalue weighted by molar-refractivity contribution is 0.0929. The molecule has 0 spiro atoms. The number of hydrogen-bond donors (Lipinski definition) is 2. The number of carbonyl (C=O) groups excluding carboxylic acids is 1. The van der Waals surface area contributed by atoms with Crippen molar-refractivity contribution in [2.45, 2.75) is 83.3 Å². The summed E-state index contributed by atoms with van der Waals surface area (Å²) in [6.07, 6.45) is 12.3. The minimum absolute atomic E-state index is 0. The first kappa shape index (κ1) is 21.8. The maximum Gasteiger partial charge on any atom is 0.255 e. The van der Waals surface area contributed by atoms with Crippen molar-refractivity contribution >= 4 is 11.6 Å². The number of unbranched alkanes of at least 4 members (excludes halogenated alkanes) is 1. The van der Waals surface area contributed by atoms with Gasteiger partial charge in [0.2, 0.25) is 0 Å². The topological polar surface area (TPSA) is 75.9 Å². The lowest BCUT2D eigenvalue weighted by atomic mass is 9.95. The number of rotatable bonds is 7. The lowest BCUT2D eigenvalue weighted by Gasteiger charge is -2.22. The van der Waals surface area contributed by atoms with Crippen LogP contribution in [0.5, 0.6) is 0 Å². The van der Waals surface area contributed by atoms with Gasteiger partial charge in [-0.05, 0) is 44.2 Å². The SMILES string of the molecule is CCCCO.COCc1cc(C2CC2)nc2c(C(=O)NC3CCCCC3)ccn12.[HH]. The van der Waals surface area contributed by atoms with Gasteiger partial charge in [0.15, 0.2) is 0 Å². The quantitative estimate of drug-likeness (QED) is 0.716. The van der Waals surface area contributed by atoms with E-state index >= 15 is 0 Å². The summed E-state index contributed by atoms with van der Waals surface area (Å²) in [6.45, 7) is 2.92. The molecule has 2 aromatic rings. The van der Waals surface area contributed by atoms with Gasteiger partial charge in [-0.2, -0.15) is 0 Å². The van der Waals surface area contributed by atoms with Crippen LogP contribution in [0.2, 0.25) is 0 Å². The predicted molar refractivity (Wildman–Crippen MR) is 116 cm³/mol. The number of nitrogens with zero attached hydrogens (tertiary/aromatic N) is 2. The van der Waals surface area contributed by atoms with Crippen molar-refractivity contribution in [3.8, 4) is 0 Å². The number of aliphatic hydroxyl groups is 1. The molecule has 4 rings (SSSR count). The molecule has 2 aromatic heterocycles. The van der Waals surface area contributed by atoms with Gasteiger partial charge in [-0.15, -0.1) is 0 Å². The summed E-state index contributed by atoms with van der Waals surface area (Å²) in [5.41, 5.74) is 3.60. The van der Waals surface area contributed by atoms with E-state index in [2.05, 4.69) is 18.3 Å². The van der Waals surface area contributed by atoms with E-state index in [9.17, 15) is 4.79 Å². The highest BCUT2D eigenvalue weighted by Crippen LogP contribution is 2.39. The summed E-state index contributed by atoms with van der Waals surface area (Å²) in [5, 5.41) is 11.3. The van der Waals surface area contributed by atoms with Gasteiger partial charge < -0.3 is 19.6 Å². The Kier molecular flexibility index (Phi) is 8.07. The van der Waals surface area contributed by atoms with Gasteiger partial charge >= 0.3 is 0 Å². The first-order chi connectivity index (χ1) is 14.2. The molecule has 0 unspecified atom stereocenters. The number of nitrogens with one attached hydrogen (secondary N) is 1. The van der Waals surface area contributed by atoms with Crippen LogP contribution in [0, 0.1) is 0 Å². The standard InChI is InChI=1S/C19H25N3O2.C4H10O.H2/c1-24-12-15-11-17(13-7-8-13)21-18-16(9-10-22(15)18)19(23)20-14-5-3-2-4-6-14;1-2-3-4-5;/h9-11,13-14H,2-8,12H2,1H3,(H,20,23);5H,2-4H2,1H3;1H. The van der Waals surface area contributed by atoms with Gasteiger partial charge in [-0.3, -0.25) is 4.79 Å². The van der Waals surface area contributed by atoms with Crippen molar-refractivity contribution in [3.05, 3.63) is 35.3 Å². The first-order valence-electron chi connectivity index (χ1n) is 11.1. The third-order valence-electron chi connectivity index (χ3n) is 5.70. The molecule has 2 saturated carbocycles. The second kappa shape index (κ2) is 10.7. The van der Waals surface area contributed by atoms with Gasteiger partial charge in [-0.25, -0.2) is 4.98 Å². The molecule has 6 nitrogen and oxygen atoms in total. The van der Waals surface area contributed by atoms with Crippen LogP contribution in [0.3, 0.4) is 0 Å². The third-order valence-corrected chi connectivity index (χ3v) is 5.70. The molecule has 0 aromatic carbocycles. The molecule has 1 amide bonds. The van der Waals surface area contributed by atoms with Crippen LogP contribution in [-0.4, -0.2) is 40.2 Å². The molecule has 2 fully saturated rings. The second-order valence-electron chi connectivity index (χ2n) is 8.19. The minimum atomic E-state index is 0. The van der Waals surface area contributed by atoms with Crippen molar-refractivity contribution in [1.82, 2.24) is 14.7 Å². The van der Waals surface area contributed by atoms with E-state index in [0.29, 0.717) is 30.7 Å². The lowest BCUT2D eigenvalue weighted by Crippen LogP contribution is -2.36. The number of hydrogen-bond acceptors (Lipinski definition) is 4. The average Bonchev–Trinajstić information content (AvgIpc) is 3.49. The normalized spacial score (nSPS) is 17.1. The first-order valence-corrected chi connectivity index (χ1v) is 11.1. The summed E-state index contributed by atoms with van der Waals surface area (Å²) in [5.74, 6) is 0.558. The second-order valence-corrected chi connectivity index (χ2v) is 8.19. The monoisotopic (exact) mass is 403 g/mol. The van der Waals surface area contributed by atoms with Crippen LogP contribution < -0.4 is 5.32 Å². The molecular formula is C23H37N3O3. The van der Waals surface area contributed by atoms with E-state index in [-0.39, 0.29) is 7.33 Å². The van der Waals surface area contributed by atoms with Crippen LogP contribution in [0.25, 0.3) is 5.65 Å². The zero-order valence-electron chi connectivity index (χ0n) is 17.8. The Hall–Kier alpha value is -1.92.